The number of hydrogen-bond donors (Lipinski definition) is 3. The fourth-order valence-electron chi connectivity index (χ4n) is 2.43. The minimum Gasteiger partial charge on any atom is -0.394 e. The standard InChI is InChI=1S/C15H29N3O3/c1-2-3-4-5-6-7-8-9-15(21)14(12-20)18-10-13(11-19)16-17-18/h10,14-15,19-21H,2-9,11-12H2,1H3/t14-,15+/m0/s1. The first-order chi connectivity index (χ1) is 10.2. The first-order valence-corrected chi connectivity index (χ1v) is 8.03. The van der Waals surface area contributed by atoms with Crippen molar-refractivity contribution >= 4 is 0 Å². The predicted molar refractivity (Wildman–Crippen MR) is 80.7 cm³/mol. The van der Waals surface area contributed by atoms with E-state index in [4.69, 9.17) is 5.11 Å². The normalized spacial score (nSPS) is 14.3. The van der Waals surface area contributed by atoms with Gasteiger partial charge in [-0.2, -0.15) is 0 Å². The van der Waals surface area contributed by atoms with Crippen LogP contribution in [0.5, 0.6) is 0 Å². The van der Waals surface area contributed by atoms with E-state index in [0.717, 1.165) is 12.8 Å². The molecule has 1 aromatic heterocycles. The van der Waals surface area contributed by atoms with E-state index >= 15 is 0 Å². The summed E-state index contributed by atoms with van der Waals surface area (Å²) in [6.45, 7) is 1.83. The van der Waals surface area contributed by atoms with Crippen LogP contribution >= 0.6 is 0 Å². The quantitative estimate of drug-likeness (QED) is 0.512. The third-order valence-corrected chi connectivity index (χ3v) is 3.79. The summed E-state index contributed by atoms with van der Waals surface area (Å²) in [7, 11) is 0. The molecule has 0 saturated heterocycles. The molecule has 1 heterocycles. The fraction of sp³-hybridized carbons (Fsp3) is 0.867. The topological polar surface area (TPSA) is 91.4 Å². The molecule has 0 aliphatic carbocycles. The summed E-state index contributed by atoms with van der Waals surface area (Å²) >= 11 is 0. The van der Waals surface area contributed by atoms with E-state index < -0.39 is 12.1 Å². The van der Waals surface area contributed by atoms with Gasteiger partial charge in [0.15, 0.2) is 0 Å². The summed E-state index contributed by atoms with van der Waals surface area (Å²) in [4.78, 5) is 0. The van der Waals surface area contributed by atoms with E-state index in [1.165, 1.54) is 36.8 Å². The Balaban J connectivity index is 2.26. The number of aromatic nitrogens is 3. The molecule has 1 rings (SSSR count). The largest absolute Gasteiger partial charge is 0.394 e. The maximum atomic E-state index is 10.2. The molecule has 0 aromatic carbocycles. The second-order valence-corrected chi connectivity index (χ2v) is 5.58. The van der Waals surface area contributed by atoms with Crippen molar-refractivity contribution in [3.63, 3.8) is 0 Å². The van der Waals surface area contributed by atoms with Gasteiger partial charge in [0.1, 0.15) is 11.7 Å². The van der Waals surface area contributed by atoms with Gasteiger partial charge in [-0.15, -0.1) is 5.10 Å². The van der Waals surface area contributed by atoms with Crippen LogP contribution < -0.4 is 0 Å². The second kappa shape index (κ2) is 10.7. The Labute approximate surface area is 126 Å². The molecular weight excluding hydrogens is 270 g/mol. The van der Waals surface area contributed by atoms with Crippen molar-refractivity contribution < 1.29 is 15.3 Å². The molecule has 2 atom stereocenters. The van der Waals surface area contributed by atoms with Gasteiger partial charge < -0.3 is 15.3 Å². The highest BCUT2D eigenvalue weighted by Crippen LogP contribution is 2.17. The van der Waals surface area contributed by atoms with E-state index in [2.05, 4.69) is 17.2 Å². The molecule has 122 valence electrons. The second-order valence-electron chi connectivity index (χ2n) is 5.58. The summed E-state index contributed by atoms with van der Waals surface area (Å²) < 4.78 is 1.44. The number of aliphatic hydroxyl groups excluding tert-OH is 3. The molecule has 6 heteroatoms. The predicted octanol–water partition coefficient (Wildman–Crippen LogP) is 1.81. The van der Waals surface area contributed by atoms with Crippen LogP contribution in [0.4, 0.5) is 0 Å². The maximum absolute atomic E-state index is 10.2. The number of rotatable bonds is 12. The van der Waals surface area contributed by atoms with Gasteiger partial charge in [-0.05, 0) is 6.42 Å². The highest BCUT2D eigenvalue weighted by Gasteiger charge is 2.21. The van der Waals surface area contributed by atoms with E-state index in [1.807, 2.05) is 0 Å². The zero-order chi connectivity index (χ0) is 15.5. The van der Waals surface area contributed by atoms with E-state index in [0.29, 0.717) is 12.1 Å². The molecule has 6 nitrogen and oxygen atoms in total. The Kier molecular flexibility index (Phi) is 9.21. The number of nitrogens with zero attached hydrogens (tertiary/aromatic N) is 3. The van der Waals surface area contributed by atoms with Gasteiger partial charge in [0.2, 0.25) is 0 Å². The van der Waals surface area contributed by atoms with Crippen LogP contribution in [0.15, 0.2) is 6.20 Å². The van der Waals surface area contributed by atoms with Crippen molar-refractivity contribution in [2.75, 3.05) is 6.61 Å². The molecule has 0 amide bonds. The Morgan fingerprint density at radius 1 is 1.10 bits per heavy atom. The molecule has 1 aromatic rings. The SMILES string of the molecule is CCCCCCCCC[C@@H](O)[C@H](CO)n1cc(CO)nn1. The van der Waals surface area contributed by atoms with Crippen LogP contribution in [0, 0.1) is 0 Å². The maximum Gasteiger partial charge on any atom is 0.108 e. The zero-order valence-corrected chi connectivity index (χ0v) is 13.0. The number of aliphatic hydroxyl groups is 3. The molecule has 0 unspecified atom stereocenters. The van der Waals surface area contributed by atoms with E-state index in [1.54, 1.807) is 6.20 Å². The van der Waals surface area contributed by atoms with Crippen LogP contribution in [0.2, 0.25) is 0 Å². The van der Waals surface area contributed by atoms with Crippen LogP contribution in [-0.2, 0) is 6.61 Å². The highest BCUT2D eigenvalue weighted by atomic mass is 16.3. The molecule has 0 radical (unpaired) electrons. The average molecular weight is 299 g/mol. The number of hydrogen-bond acceptors (Lipinski definition) is 5. The minimum atomic E-state index is -0.640. The van der Waals surface area contributed by atoms with Crippen LogP contribution in [-0.4, -0.2) is 43.0 Å². The van der Waals surface area contributed by atoms with Gasteiger partial charge in [-0.25, -0.2) is 4.68 Å². The van der Waals surface area contributed by atoms with Gasteiger partial charge in [-0.1, -0.05) is 57.1 Å². The smallest absolute Gasteiger partial charge is 0.108 e. The van der Waals surface area contributed by atoms with E-state index in [-0.39, 0.29) is 13.2 Å². The minimum absolute atomic E-state index is 0.188. The molecule has 0 spiro atoms. The highest BCUT2D eigenvalue weighted by molar-refractivity contribution is 4.91. The lowest BCUT2D eigenvalue weighted by Crippen LogP contribution is -2.28. The summed E-state index contributed by atoms with van der Waals surface area (Å²) in [5.41, 5.74) is 0.441. The average Bonchev–Trinajstić information content (AvgIpc) is 2.96. The molecule has 0 aliphatic rings. The first kappa shape index (κ1) is 18.1. The Morgan fingerprint density at radius 2 is 1.76 bits per heavy atom. The molecule has 3 N–H and O–H groups in total. The van der Waals surface area contributed by atoms with Crippen molar-refractivity contribution in [2.24, 2.45) is 0 Å². The monoisotopic (exact) mass is 299 g/mol. The molecule has 0 bridgehead atoms. The van der Waals surface area contributed by atoms with Crippen molar-refractivity contribution in [1.82, 2.24) is 15.0 Å². The molecule has 0 saturated carbocycles. The fourth-order valence-corrected chi connectivity index (χ4v) is 2.43. The van der Waals surface area contributed by atoms with Gasteiger partial charge in [0.05, 0.1) is 25.5 Å². The lowest BCUT2D eigenvalue weighted by atomic mass is 10.0. The van der Waals surface area contributed by atoms with Crippen molar-refractivity contribution in [3.05, 3.63) is 11.9 Å². The summed E-state index contributed by atoms with van der Waals surface area (Å²) in [6, 6.07) is -0.488. The lowest BCUT2D eigenvalue weighted by molar-refractivity contribution is 0.0578. The van der Waals surface area contributed by atoms with Gasteiger partial charge in [0.25, 0.3) is 0 Å². The summed E-state index contributed by atoms with van der Waals surface area (Å²) in [5, 5.41) is 36.2. The van der Waals surface area contributed by atoms with Gasteiger partial charge >= 0.3 is 0 Å². The number of unbranched alkanes of at least 4 members (excludes halogenated alkanes) is 6. The Hall–Kier alpha value is -0.980. The van der Waals surface area contributed by atoms with Crippen LogP contribution in [0.3, 0.4) is 0 Å². The third-order valence-electron chi connectivity index (χ3n) is 3.79. The summed E-state index contributed by atoms with van der Waals surface area (Å²) in [5.74, 6) is 0. The van der Waals surface area contributed by atoms with Crippen LogP contribution in [0.1, 0.15) is 70.0 Å². The zero-order valence-electron chi connectivity index (χ0n) is 13.0. The van der Waals surface area contributed by atoms with Crippen molar-refractivity contribution in [2.45, 2.75) is 77.0 Å². The molecule has 0 aliphatic heterocycles. The van der Waals surface area contributed by atoms with E-state index in [9.17, 15) is 10.2 Å². The molecule has 0 fully saturated rings. The molecule has 21 heavy (non-hydrogen) atoms. The third kappa shape index (κ3) is 6.54. The Bertz CT molecular complexity index is 371. The Morgan fingerprint density at radius 3 is 2.33 bits per heavy atom. The van der Waals surface area contributed by atoms with Crippen LogP contribution in [0.25, 0.3) is 0 Å². The summed E-state index contributed by atoms with van der Waals surface area (Å²) in [6.07, 6.45) is 9.94. The van der Waals surface area contributed by atoms with Crippen molar-refractivity contribution in [3.8, 4) is 0 Å². The first-order valence-electron chi connectivity index (χ1n) is 8.03. The van der Waals surface area contributed by atoms with Gasteiger partial charge in [-0.3, -0.25) is 0 Å². The molecular formula is C15H29N3O3. The van der Waals surface area contributed by atoms with Crippen molar-refractivity contribution in [1.29, 1.82) is 0 Å². The van der Waals surface area contributed by atoms with Gasteiger partial charge in [0, 0.05) is 0 Å². The lowest BCUT2D eigenvalue weighted by Gasteiger charge is -2.20.